The number of carbonyl (C=O) groups excluding carboxylic acids is 1. The van der Waals surface area contributed by atoms with Gasteiger partial charge in [-0.3, -0.25) is 4.79 Å². The molecule has 3 rings (SSSR count). The molecule has 0 aromatic heterocycles. The van der Waals surface area contributed by atoms with Gasteiger partial charge in [0.25, 0.3) is 5.91 Å². The predicted octanol–water partition coefficient (Wildman–Crippen LogP) is 2.30. The number of benzene rings is 1. The number of amides is 1. The number of allylic oxidation sites excluding steroid dienone is 2. The third-order valence-electron chi connectivity index (χ3n) is 2.89. The Kier molecular flexibility index (Phi) is 2.72. The SMILES string of the molecule is NC(=O)C1=C(c2ccccc2)SC2=CC=CCN21. The highest BCUT2D eigenvalue weighted by Gasteiger charge is 2.32. The van der Waals surface area contributed by atoms with E-state index in [-0.39, 0.29) is 5.91 Å². The summed E-state index contributed by atoms with van der Waals surface area (Å²) in [7, 11) is 0. The molecule has 90 valence electrons. The fraction of sp³-hybridized carbons (Fsp3) is 0.0714. The summed E-state index contributed by atoms with van der Waals surface area (Å²) in [5.74, 6) is -0.375. The summed E-state index contributed by atoms with van der Waals surface area (Å²) < 4.78 is 0. The van der Waals surface area contributed by atoms with Gasteiger partial charge in [-0.1, -0.05) is 54.2 Å². The number of nitrogens with two attached hydrogens (primary N) is 1. The normalized spacial score (nSPS) is 17.8. The summed E-state index contributed by atoms with van der Waals surface area (Å²) >= 11 is 1.60. The minimum Gasteiger partial charge on any atom is -0.364 e. The van der Waals surface area contributed by atoms with Crippen LogP contribution in [0.4, 0.5) is 0 Å². The summed E-state index contributed by atoms with van der Waals surface area (Å²) in [6.45, 7) is 0.702. The van der Waals surface area contributed by atoms with E-state index in [0.717, 1.165) is 15.5 Å². The Morgan fingerprint density at radius 3 is 2.78 bits per heavy atom. The van der Waals surface area contributed by atoms with E-state index in [2.05, 4.69) is 0 Å². The van der Waals surface area contributed by atoms with E-state index in [4.69, 9.17) is 5.73 Å². The number of primary amides is 1. The highest BCUT2D eigenvalue weighted by molar-refractivity contribution is 8.12. The predicted molar refractivity (Wildman–Crippen MR) is 74.1 cm³/mol. The standard InChI is InChI=1S/C14H12N2OS/c15-14(17)12-13(10-6-2-1-3-7-10)18-11-8-4-5-9-16(11)12/h1-8H,9H2,(H2,15,17). The van der Waals surface area contributed by atoms with Crippen molar-refractivity contribution in [3.05, 3.63) is 64.8 Å². The van der Waals surface area contributed by atoms with Crippen molar-refractivity contribution in [3.63, 3.8) is 0 Å². The molecule has 0 bridgehead atoms. The zero-order valence-electron chi connectivity index (χ0n) is 9.67. The van der Waals surface area contributed by atoms with E-state index in [1.54, 1.807) is 11.8 Å². The monoisotopic (exact) mass is 256 g/mol. The molecule has 4 heteroatoms. The molecule has 1 aromatic carbocycles. The summed E-state index contributed by atoms with van der Waals surface area (Å²) in [6, 6.07) is 9.88. The van der Waals surface area contributed by atoms with Crippen LogP contribution in [0, 0.1) is 0 Å². The lowest BCUT2D eigenvalue weighted by Crippen LogP contribution is -2.28. The first-order valence-corrected chi connectivity index (χ1v) is 6.51. The van der Waals surface area contributed by atoms with E-state index in [1.165, 1.54) is 0 Å². The van der Waals surface area contributed by atoms with Gasteiger partial charge in [0.2, 0.25) is 0 Å². The summed E-state index contributed by atoms with van der Waals surface area (Å²) in [5.41, 5.74) is 7.16. The first kappa shape index (κ1) is 11.2. The third kappa shape index (κ3) is 1.75. The van der Waals surface area contributed by atoms with Crippen molar-refractivity contribution in [1.82, 2.24) is 4.90 Å². The second kappa shape index (κ2) is 4.38. The molecule has 0 unspecified atom stereocenters. The second-order valence-electron chi connectivity index (χ2n) is 4.05. The minimum atomic E-state index is -0.375. The van der Waals surface area contributed by atoms with E-state index >= 15 is 0 Å². The second-order valence-corrected chi connectivity index (χ2v) is 5.08. The van der Waals surface area contributed by atoms with Crippen molar-refractivity contribution in [3.8, 4) is 0 Å². The number of rotatable bonds is 2. The molecule has 1 amide bonds. The maximum Gasteiger partial charge on any atom is 0.266 e. The molecular weight excluding hydrogens is 244 g/mol. The van der Waals surface area contributed by atoms with Gasteiger partial charge < -0.3 is 10.6 Å². The number of hydrogen-bond acceptors (Lipinski definition) is 3. The van der Waals surface area contributed by atoms with Crippen LogP contribution < -0.4 is 5.73 Å². The fourth-order valence-corrected chi connectivity index (χ4v) is 3.29. The van der Waals surface area contributed by atoms with Gasteiger partial charge in [-0.25, -0.2) is 0 Å². The molecule has 1 aromatic rings. The van der Waals surface area contributed by atoms with Gasteiger partial charge in [-0.15, -0.1) is 0 Å². The number of fused-ring (bicyclic) bond motifs is 1. The Morgan fingerprint density at radius 1 is 1.28 bits per heavy atom. The van der Waals surface area contributed by atoms with Crippen LogP contribution in [-0.4, -0.2) is 17.4 Å². The van der Waals surface area contributed by atoms with Crippen molar-refractivity contribution < 1.29 is 4.79 Å². The van der Waals surface area contributed by atoms with Crippen LogP contribution in [0.1, 0.15) is 5.56 Å². The number of hydrogen-bond donors (Lipinski definition) is 1. The number of carbonyl (C=O) groups is 1. The third-order valence-corrected chi connectivity index (χ3v) is 4.09. The van der Waals surface area contributed by atoms with Gasteiger partial charge in [0.15, 0.2) is 0 Å². The Hall–Kier alpha value is -1.94. The van der Waals surface area contributed by atoms with E-state index in [1.807, 2.05) is 53.5 Å². The fourth-order valence-electron chi connectivity index (χ4n) is 2.09. The highest BCUT2D eigenvalue weighted by Crippen LogP contribution is 2.47. The van der Waals surface area contributed by atoms with Gasteiger partial charge in [-0.05, 0) is 11.6 Å². The molecule has 3 nitrogen and oxygen atoms in total. The van der Waals surface area contributed by atoms with Crippen LogP contribution in [-0.2, 0) is 4.79 Å². The van der Waals surface area contributed by atoms with E-state index in [0.29, 0.717) is 12.2 Å². The lowest BCUT2D eigenvalue weighted by Gasteiger charge is -2.21. The number of nitrogens with zero attached hydrogens (tertiary/aromatic N) is 1. The molecular formula is C14H12N2OS. The Morgan fingerprint density at radius 2 is 2.06 bits per heavy atom. The molecule has 0 saturated carbocycles. The lowest BCUT2D eigenvalue weighted by atomic mass is 10.1. The van der Waals surface area contributed by atoms with Crippen LogP contribution in [0.25, 0.3) is 4.91 Å². The van der Waals surface area contributed by atoms with Crippen LogP contribution in [0.5, 0.6) is 0 Å². The van der Waals surface area contributed by atoms with Crippen molar-refractivity contribution in [2.75, 3.05) is 6.54 Å². The average Bonchev–Trinajstić information content (AvgIpc) is 2.79. The smallest absolute Gasteiger partial charge is 0.266 e. The highest BCUT2D eigenvalue weighted by atomic mass is 32.2. The molecule has 0 saturated heterocycles. The molecule has 0 fully saturated rings. The zero-order chi connectivity index (χ0) is 12.5. The maximum atomic E-state index is 11.7. The lowest BCUT2D eigenvalue weighted by molar-refractivity contribution is -0.115. The van der Waals surface area contributed by atoms with Crippen molar-refractivity contribution >= 4 is 22.6 Å². The summed E-state index contributed by atoms with van der Waals surface area (Å²) in [4.78, 5) is 14.6. The van der Waals surface area contributed by atoms with Crippen molar-refractivity contribution in [1.29, 1.82) is 0 Å². The molecule has 2 heterocycles. The van der Waals surface area contributed by atoms with Gasteiger partial charge in [0.05, 0.1) is 9.93 Å². The van der Waals surface area contributed by atoms with Crippen molar-refractivity contribution in [2.24, 2.45) is 5.73 Å². The summed E-state index contributed by atoms with van der Waals surface area (Å²) in [5, 5.41) is 1.06. The Labute approximate surface area is 110 Å². The zero-order valence-corrected chi connectivity index (χ0v) is 10.5. The topological polar surface area (TPSA) is 46.3 Å². The molecule has 18 heavy (non-hydrogen) atoms. The molecule has 2 N–H and O–H groups in total. The van der Waals surface area contributed by atoms with Crippen LogP contribution in [0.2, 0.25) is 0 Å². The van der Waals surface area contributed by atoms with Gasteiger partial charge in [0.1, 0.15) is 5.70 Å². The molecule has 0 atom stereocenters. The van der Waals surface area contributed by atoms with Gasteiger partial charge in [0, 0.05) is 6.54 Å². The largest absolute Gasteiger partial charge is 0.364 e. The quantitative estimate of drug-likeness (QED) is 0.883. The average molecular weight is 256 g/mol. The molecule has 0 spiro atoms. The van der Waals surface area contributed by atoms with Crippen LogP contribution in [0.3, 0.4) is 0 Å². The van der Waals surface area contributed by atoms with Crippen molar-refractivity contribution in [2.45, 2.75) is 0 Å². The minimum absolute atomic E-state index is 0.375. The molecule has 0 radical (unpaired) electrons. The molecule has 0 aliphatic carbocycles. The van der Waals surface area contributed by atoms with Gasteiger partial charge in [-0.2, -0.15) is 0 Å². The molecule has 2 aliphatic rings. The van der Waals surface area contributed by atoms with E-state index in [9.17, 15) is 4.79 Å². The number of thioether (sulfide) groups is 1. The summed E-state index contributed by atoms with van der Waals surface area (Å²) in [6.07, 6.45) is 6.03. The van der Waals surface area contributed by atoms with Crippen LogP contribution >= 0.6 is 11.8 Å². The maximum absolute atomic E-state index is 11.7. The Balaban J connectivity index is 2.11. The Bertz CT molecular complexity index is 587. The van der Waals surface area contributed by atoms with E-state index < -0.39 is 0 Å². The molecule has 2 aliphatic heterocycles. The van der Waals surface area contributed by atoms with Crippen LogP contribution in [0.15, 0.2) is 59.3 Å². The van der Waals surface area contributed by atoms with Gasteiger partial charge >= 0.3 is 0 Å². The first-order valence-electron chi connectivity index (χ1n) is 5.69. The first-order chi connectivity index (χ1) is 8.77.